The maximum absolute atomic E-state index is 12.7. The first-order valence-electron chi connectivity index (χ1n) is 9.91. The van der Waals surface area contributed by atoms with Gasteiger partial charge in [-0.05, 0) is 42.2 Å². The Kier molecular flexibility index (Phi) is 6.47. The van der Waals surface area contributed by atoms with Crippen LogP contribution < -0.4 is 5.32 Å². The summed E-state index contributed by atoms with van der Waals surface area (Å²) in [5.74, 6) is 0.510. The van der Waals surface area contributed by atoms with Crippen molar-refractivity contribution >= 4 is 17.5 Å². The predicted octanol–water partition coefficient (Wildman–Crippen LogP) is 3.51. The van der Waals surface area contributed by atoms with Gasteiger partial charge in [-0.1, -0.05) is 44.2 Å². The van der Waals surface area contributed by atoms with E-state index in [1.807, 2.05) is 60.4 Å². The highest BCUT2D eigenvalue weighted by atomic mass is 16.2. The largest absolute Gasteiger partial charge is 0.336 e. The number of nitrogens with zero attached hydrogens (tertiary/aromatic N) is 2. The van der Waals surface area contributed by atoms with E-state index in [0.717, 1.165) is 16.8 Å². The molecule has 2 amide bonds. The molecule has 0 spiro atoms. The van der Waals surface area contributed by atoms with Crippen molar-refractivity contribution in [3.8, 4) is 0 Å². The maximum Gasteiger partial charge on any atom is 0.253 e. The number of para-hydroxylation sites is 1. The highest BCUT2D eigenvalue weighted by Gasteiger charge is 2.23. The van der Waals surface area contributed by atoms with Crippen molar-refractivity contribution < 1.29 is 9.59 Å². The minimum atomic E-state index is -0.0154. The number of rotatable bonds is 5. The van der Waals surface area contributed by atoms with Crippen LogP contribution in [0.15, 0.2) is 48.5 Å². The number of amides is 2. The molecule has 5 heteroatoms. The molecule has 1 N–H and O–H groups in total. The molecule has 0 aliphatic carbocycles. The molecule has 2 aromatic rings. The Morgan fingerprint density at radius 2 is 1.61 bits per heavy atom. The van der Waals surface area contributed by atoms with Crippen molar-refractivity contribution in [2.24, 2.45) is 0 Å². The second kappa shape index (κ2) is 9.02. The molecule has 3 rings (SSSR count). The van der Waals surface area contributed by atoms with E-state index in [-0.39, 0.29) is 11.8 Å². The summed E-state index contributed by atoms with van der Waals surface area (Å²) in [5, 5.41) is 2.97. The third-order valence-corrected chi connectivity index (χ3v) is 5.27. The number of hydrogen-bond donors (Lipinski definition) is 1. The fourth-order valence-electron chi connectivity index (χ4n) is 3.41. The summed E-state index contributed by atoms with van der Waals surface area (Å²) in [7, 11) is 0. The van der Waals surface area contributed by atoms with Gasteiger partial charge in [-0.15, -0.1) is 0 Å². The van der Waals surface area contributed by atoms with Crippen LogP contribution in [0.3, 0.4) is 0 Å². The smallest absolute Gasteiger partial charge is 0.253 e. The van der Waals surface area contributed by atoms with Gasteiger partial charge in [0.25, 0.3) is 5.91 Å². The molecule has 1 fully saturated rings. The van der Waals surface area contributed by atoms with Gasteiger partial charge in [0.1, 0.15) is 0 Å². The molecule has 1 heterocycles. The first kappa shape index (κ1) is 20.1. The zero-order chi connectivity index (χ0) is 20.1. The fourth-order valence-corrected chi connectivity index (χ4v) is 3.41. The number of carbonyl (C=O) groups is 2. The van der Waals surface area contributed by atoms with E-state index in [1.165, 1.54) is 5.56 Å². The van der Waals surface area contributed by atoms with Crippen molar-refractivity contribution in [3.63, 3.8) is 0 Å². The Balaban J connectivity index is 1.49. The number of anilines is 1. The lowest BCUT2D eigenvalue weighted by molar-refractivity contribution is -0.117. The van der Waals surface area contributed by atoms with Crippen LogP contribution >= 0.6 is 0 Å². The Morgan fingerprint density at radius 3 is 2.21 bits per heavy atom. The molecule has 2 aromatic carbocycles. The van der Waals surface area contributed by atoms with E-state index < -0.39 is 0 Å². The monoisotopic (exact) mass is 379 g/mol. The second-order valence-corrected chi connectivity index (χ2v) is 7.71. The number of hydrogen-bond acceptors (Lipinski definition) is 3. The topological polar surface area (TPSA) is 52.7 Å². The molecule has 1 aliphatic heterocycles. The van der Waals surface area contributed by atoms with E-state index in [0.29, 0.717) is 38.6 Å². The number of nitrogens with one attached hydrogen (secondary N) is 1. The quantitative estimate of drug-likeness (QED) is 0.865. The van der Waals surface area contributed by atoms with Crippen LogP contribution in [0.5, 0.6) is 0 Å². The van der Waals surface area contributed by atoms with Crippen molar-refractivity contribution in [1.29, 1.82) is 0 Å². The van der Waals surface area contributed by atoms with Gasteiger partial charge in [-0.3, -0.25) is 14.5 Å². The van der Waals surface area contributed by atoms with Crippen LogP contribution in [-0.2, 0) is 4.79 Å². The average molecular weight is 380 g/mol. The van der Waals surface area contributed by atoms with E-state index in [1.54, 1.807) is 0 Å². The third kappa shape index (κ3) is 4.98. The summed E-state index contributed by atoms with van der Waals surface area (Å²) in [6.45, 7) is 9.31. The van der Waals surface area contributed by atoms with Crippen LogP contribution in [0, 0.1) is 6.92 Å². The van der Waals surface area contributed by atoms with Crippen molar-refractivity contribution in [1.82, 2.24) is 9.80 Å². The molecular weight excluding hydrogens is 350 g/mol. The third-order valence-electron chi connectivity index (χ3n) is 5.27. The lowest BCUT2D eigenvalue weighted by Crippen LogP contribution is -2.50. The Bertz CT molecular complexity index is 822. The number of piperazine rings is 1. The van der Waals surface area contributed by atoms with Crippen molar-refractivity contribution in [2.45, 2.75) is 26.7 Å². The SMILES string of the molecule is Cc1ccccc1NC(=O)CN1CCN(C(=O)c2ccc(C(C)C)cc2)CC1. The molecule has 28 heavy (non-hydrogen) atoms. The van der Waals surface area contributed by atoms with Crippen LogP contribution in [0.25, 0.3) is 0 Å². The minimum Gasteiger partial charge on any atom is -0.336 e. The van der Waals surface area contributed by atoms with Crippen LogP contribution in [0.4, 0.5) is 5.69 Å². The van der Waals surface area contributed by atoms with Gasteiger partial charge < -0.3 is 10.2 Å². The first-order chi connectivity index (χ1) is 13.4. The molecule has 0 bridgehead atoms. The normalized spacial score (nSPS) is 14.9. The summed E-state index contributed by atoms with van der Waals surface area (Å²) in [6.07, 6.45) is 0. The number of benzene rings is 2. The Morgan fingerprint density at radius 1 is 0.964 bits per heavy atom. The summed E-state index contributed by atoms with van der Waals surface area (Å²) >= 11 is 0. The fraction of sp³-hybridized carbons (Fsp3) is 0.391. The lowest BCUT2D eigenvalue weighted by atomic mass is 10.0. The molecule has 1 aliphatic rings. The van der Waals surface area contributed by atoms with E-state index in [4.69, 9.17) is 0 Å². The number of carbonyl (C=O) groups excluding carboxylic acids is 2. The summed E-state index contributed by atoms with van der Waals surface area (Å²) in [5.41, 5.74) is 3.87. The molecule has 0 unspecified atom stereocenters. The van der Waals surface area contributed by atoms with Gasteiger partial charge in [0.15, 0.2) is 0 Å². The average Bonchev–Trinajstić information content (AvgIpc) is 2.70. The second-order valence-electron chi connectivity index (χ2n) is 7.71. The van der Waals surface area contributed by atoms with E-state index >= 15 is 0 Å². The van der Waals surface area contributed by atoms with E-state index in [2.05, 4.69) is 24.1 Å². The molecule has 0 atom stereocenters. The van der Waals surface area contributed by atoms with Gasteiger partial charge >= 0.3 is 0 Å². The molecule has 148 valence electrons. The van der Waals surface area contributed by atoms with Crippen LogP contribution in [-0.4, -0.2) is 54.3 Å². The van der Waals surface area contributed by atoms with E-state index in [9.17, 15) is 9.59 Å². The minimum absolute atomic E-state index is 0.0154. The molecule has 0 radical (unpaired) electrons. The Hall–Kier alpha value is -2.66. The zero-order valence-corrected chi connectivity index (χ0v) is 16.9. The van der Waals surface area contributed by atoms with Gasteiger partial charge in [0.2, 0.25) is 5.91 Å². The zero-order valence-electron chi connectivity index (χ0n) is 16.9. The van der Waals surface area contributed by atoms with Crippen molar-refractivity contribution in [3.05, 3.63) is 65.2 Å². The summed E-state index contributed by atoms with van der Waals surface area (Å²) < 4.78 is 0. The first-order valence-corrected chi connectivity index (χ1v) is 9.91. The Labute approximate surface area is 167 Å². The van der Waals surface area contributed by atoms with Gasteiger partial charge in [-0.25, -0.2) is 0 Å². The van der Waals surface area contributed by atoms with Crippen LogP contribution in [0.2, 0.25) is 0 Å². The predicted molar refractivity (Wildman–Crippen MR) is 113 cm³/mol. The molecule has 0 aromatic heterocycles. The molecule has 1 saturated heterocycles. The maximum atomic E-state index is 12.7. The number of aryl methyl sites for hydroxylation is 1. The molecule has 5 nitrogen and oxygen atoms in total. The van der Waals surface area contributed by atoms with Gasteiger partial charge in [-0.2, -0.15) is 0 Å². The highest BCUT2D eigenvalue weighted by molar-refractivity contribution is 5.94. The van der Waals surface area contributed by atoms with Gasteiger partial charge in [0.05, 0.1) is 6.54 Å². The highest BCUT2D eigenvalue weighted by Crippen LogP contribution is 2.17. The molecular formula is C23H29N3O2. The summed E-state index contributed by atoms with van der Waals surface area (Å²) in [4.78, 5) is 29.0. The van der Waals surface area contributed by atoms with Crippen LogP contribution in [0.1, 0.15) is 41.3 Å². The lowest BCUT2D eigenvalue weighted by Gasteiger charge is -2.34. The summed E-state index contributed by atoms with van der Waals surface area (Å²) in [6, 6.07) is 15.7. The molecule has 0 saturated carbocycles. The van der Waals surface area contributed by atoms with Crippen molar-refractivity contribution in [2.75, 3.05) is 38.0 Å². The van der Waals surface area contributed by atoms with Gasteiger partial charge in [0, 0.05) is 37.4 Å². The standard InChI is InChI=1S/C23H29N3O2/c1-17(2)19-8-10-20(11-9-19)23(28)26-14-12-25(13-15-26)16-22(27)24-21-7-5-4-6-18(21)3/h4-11,17H,12-16H2,1-3H3,(H,24,27).